The molecule has 1 aromatic carbocycles. The number of likely N-dealkylation sites (N-methyl/N-ethyl adjacent to an activating group) is 1. The van der Waals surface area contributed by atoms with E-state index in [9.17, 15) is 18.8 Å². The fourth-order valence-corrected chi connectivity index (χ4v) is 4.26. The summed E-state index contributed by atoms with van der Waals surface area (Å²) in [6, 6.07) is 4.69. The maximum atomic E-state index is 13.9. The molecule has 1 atom stereocenters. The summed E-state index contributed by atoms with van der Waals surface area (Å²) in [7, 11) is 1.61. The average molecular weight is 445 g/mol. The molecule has 0 spiro atoms. The molecule has 4 rings (SSSR count). The molecule has 2 aliphatic heterocycles. The number of rotatable bonds is 6. The van der Waals surface area contributed by atoms with Crippen molar-refractivity contribution < 1.29 is 23.5 Å². The van der Waals surface area contributed by atoms with Gasteiger partial charge in [-0.3, -0.25) is 14.6 Å². The van der Waals surface area contributed by atoms with Gasteiger partial charge in [-0.05, 0) is 37.5 Å². The highest BCUT2D eigenvalue weighted by Crippen LogP contribution is 2.33. The van der Waals surface area contributed by atoms with Gasteiger partial charge in [-0.2, -0.15) is 0 Å². The van der Waals surface area contributed by atoms with E-state index < -0.39 is 17.8 Å². The van der Waals surface area contributed by atoms with Crippen LogP contribution in [0.25, 0.3) is 0 Å². The third kappa shape index (κ3) is 4.62. The maximum Gasteiger partial charge on any atom is 0.338 e. The van der Waals surface area contributed by atoms with Gasteiger partial charge in [0.15, 0.2) is 0 Å². The molecule has 0 bridgehead atoms. The first-order valence-electron chi connectivity index (χ1n) is 11.1. The van der Waals surface area contributed by atoms with E-state index in [4.69, 9.17) is 4.74 Å². The summed E-state index contributed by atoms with van der Waals surface area (Å²) in [5.74, 6) is -0.556. The molecule has 2 heterocycles. The number of hydrogen-bond acceptors (Lipinski definition) is 5. The molecule has 1 N–H and O–H groups in total. The van der Waals surface area contributed by atoms with E-state index in [0.717, 1.165) is 12.8 Å². The van der Waals surface area contributed by atoms with Gasteiger partial charge in [0.05, 0.1) is 18.2 Å². The van der Waals surface area contributed by atoms with Gasteiger partial charge in [-0.25, -0.2) is 14.0 Å². The van der Waals surface area contributed by atoms with E-state index in [1.807, 2.05) is 4.90 Å². The molecule has 3 amide bonds. The zero-order chi connectivity index (χ0) is 22.8. The molecular formula is C23H29FN4O4. The summed E-state index contributed by atoms with van der Waals surface area (Å²) >= 11 is 0. The Labute approximate surface area is 187 Å². The molecule has 2 fully saturated rings. The van der Waals surface area contributed by atoms with E-state index in [0.29, 0.717) is 49.6 Å². The number of ether oxygens (including phenoxy) is 1. The van der Waals surface area contributed by atoms with Gasteiger partial charge < -0.3 is 15.0 Å². The smallest absolute Gasteiger partial charge is 0.338 e. The second-order valence-electron chi connectivity index (χ2n) is 8.45. The fraction of sp³-hybridized carbons (Fsp3) is 0.522. The van der Waals surface area contributed by atoms with Crippen molar-refractivity contribution in [3.05, 3.63) is 46.9 Å². The number of esters is 1. The third-order valence-corrected chi connectivity index (χ3v) is 6.24. The lowest BCUT2D eigenvalue weighted by Crippen LogP contribution is -2.53. The van der Waals surface area contributed by atoms with Crippen LogP contribution in [0.3, 0.4) is 0 Å². The molecule has 1 saturated heterocycles. The van der Waals surface area contributed by atoms with Crippen LogP contribution in [0.4, 0.5) is 9.18 Å². The number of carbonyl (C=O) groups excluding carboxylic acids is 3. The number of nitrogens with zero attached hydrogens (tertiary/aromatic N) is 3. The van der Waals surface area contributed by atoms with Crippen LogP contribution in [0.5, 0.6) is 0 Å². The summed E-state index contributed by atoms with van der Waals surface area (Å²) in [4.78, 5) is 43.5. The Hall–Kier alpha value is -2.94. The monoisotopic (exact) mass is 444 g/mol. The molecule has 9 heteroatoms. The summed E-state index contributed by atoms with van der Waals surface area (Å²) in [6.45, 7) is 4.81. The number of piperazine rings is 1. The Bertz CT molecular complexity index is 938. The Morgan fingerprint density at radius 3 is 2.53 bits per heavy atom. The second kappa shape index (κ2) is 9.28. The molecular weight excluding hydrogens is 415 g/mol. The van der Waals surface area contributed by atoms with Crippen molar-refractivity contribution >= 4 is 17.9 Å². The van der Waals surface area contributed by atoms with Crippen molar-refractivity contribution in [2.75, 3.05) is 46.4 Å². The number of halogens is 1. The summed E-state index contributed by atoms with van der Waals surface area (Å²) in [5, 5.41) is 2.80. The predicted molar refractivity (Wildman–Crippen MR) is 115 cm³/mol. The van der Waals surface area contributed by atoms with Gasteiger partial charge in [-0.1, -0.05) is 12.1 Å². The van der Waals surface area contributed by atoms with Crippen LogP contribution >= 0.6 is 0 Å². The molecule has 1 saturated carbocycles. The van der Waals surface area contributed by atoms with E-state index in [2.05, 4.69) is 10.2 Å². The highest BCUT2D eigenvalue weighted by Gasteiger charge is 2.39. The summed E-state index contributed by atoms with van der Waals surface area (Å²) < 4.78 is 19.2. The molecule has 3 aliphatic rings. The highest BCUT2D eigenvalue weighted by atomic mass is 19.1. The minimum atomic E-state index is -0.804. The van der Waals surface area contributed by atoms with Crippen LogP contribution < -0.4 is 5.32 Å². The van der Waals surface area contributed by atoms with Crippen LogP contribution in [0, 0.1) is 11.7 Å². The topological polar surface area (TPSA) is 82.2 Å². The largest absolute Gasteiger partial charge is 0.463 e. The van der Waals surface area contributed by atoms with Crippen molar-refractivity contribution in [3.8, 4) is 0 Å². The second-order valence-corrected chi connectivity index (χ2v) is 8.45. The quantitative estimate of drug-likeness (QED) is 0.678. The van der Waals surface area contributed by atoms with Gasteiger partial charge in [0.1, 0.15) is 5.82 Å². The molecule has 8 nitrogen and oxygen atoms in total. The van der Waals surface area contributed by atoms with Gasteiger partial charge in [-0.15, -0.1) is 0 Å². The van der Waals surface area contributed by atoms with Crippen LogP contribution in [0.2, 0.25) is 0 Å². The highest BCUT2D eigenvalue weighted by molar-refractivity contribution is 5.95. The molecule has 0 aromatic heterocycles. The number of carbonyl (C=O) groups is 3. The van der Waals surface area contributed by atoms with Gasteiger partial charge in [0.2, 0.25) is 5.91 Å². The lowest BCUT2D eigenvalue weighted by Gasteiger charge is -2.39. The number of benzene rings is 1. The minimum absolute atomic E-state index is 0.186. The van der Waals surface area contributed by atoms with Crippen LogP contribution in [-0.4, -0.2) is 79.0 Å². The number of amides is 3. The maximum absolute atomic E-state index is 13.9. The normalized spacial score (nSPS) is 22.1. The van der Waals surface area contributed by atoms with E-state index in [1.54, 1.807) is 26.1 Å². The summed E-state index contributed by atoms with van der Waals surface area (Å²) in [5.41, 5.74) is 1.31. The van der Waals surface area contributed by atoms with E-state index >= 15 is 0 Å². The van der Waals surface area contributed by atoms with Gasteiger partial charge >= 0.3 is 12.0 Å². The molecule has 1 aliphatic carbocycles. The predicted octanol–water partition coefficient (Wildman–Crippen LogP) is 1.89. The SMILES string of the molecule is CCOC(=O)C1=C(CN2CCN(C(=O)C3CC3)CC2)N(C)C(=O)NC1c1cccc(F)c1. The first kappa shape index (κ1) is 22.3. The molecule has 32 heavy (non-hydrogen) atoms. The number of urea groups is 1. The zero-order valence-electron chi connectivity index (χ0n) is 18.5. The first-order valence-corrected chi connectivity index (χ1v) is 11.1. The van der Waals surface area contributed by atoms with Crippen LogP contribution in [0.1, 0.15) is 31.4 Å². The zero-order valence-corrected chi connectivity index (χ0v) is 18.5. The fourth-order valence-electron chi connectivity index (χ4n) is 4.26. The molecule has 172 valence electrons. The van der Waals surface area contributed by atoms with E-state index in [-0.39, 0.29) is 24.5 Å². The standard InChI is InChI=1S/C23H29FN4O4/c1-3-32-22(30)19-18(14-27-9-11-28(12-10-27)21(29)15-7-8-15)26(2)23(31)25-20(19)16-5-4-6-17(24)13-16/h4-6,13,15,20H,3,7-12,14H2,1-2H3,(H,25,31). The Morgan fingerprint density at radius 1 is 1.19 bits per heavy atom. The molecule has 0 radical (unpaired) electrons. The van der Waals surface area contributed by atoms with Gasteiger partial charge in [0, 0.05) is 51.4 Å². The lowest BCUT2D eigenvalue weighted by molar-refractivity contribution is -0.139. The summed E-state index contributed by atoms with van der Waals surface area (Å²) in [6.07, 6.45) is 1.96. The van der Waals surface area contributed by atoms with Crippen molar-refractivity contribution in [1.82, 2.24) is 20.0 Å². The minimum Gasteiger partial charge on any atom is -0.463 e. The van der Waals surface area contributed by atoms with Gasteiger partial charge in [0.25, 0.3) is 0 Å². The first-order chi connectivity index (χ1) is 15.4. The molecule has 1 unspecified atom stereocenters. The van der Waals surface area contributed by atoms with Crippen molar-refractivity contribution in [2.24, 2.45) is 5.92 Å². The van der Waals surface area contributed by atoms with E-state index in [1.165, 1.54) is 17.0 Å². The number of nitrogens with one attached hydrogen (secondary N) is 1. The lowest BCUT2D eigenvalue weighted by atomic mass is 9.94. The number of hydrogen-bond donors (Lipinski definition) is 1. The van der Waals surface area contributed by atoms with Crippen LogP contribution in [-0.2, 0) is 14.3 Å². The Balaban J connectivity index is 1.60. The Kier molecular flexibility index (Phi) is 6.45. The van der Waals surface area contributed by atoms with Crippen LogP contribution in [0.15, 0.2) is 35.5 Å². The van der Waals surface area contributed by atoms with Crippen molar-refractivity contribution in [3.63, 3.8) is 0 Å². The Morgan fingerprint density at radius 2 is 1.91 bits per heavy atom. The molecule has 1 aromatic rings. The van der Waals surface area contributed by atoms with Crippen molar-refractivity contribution in [2.45, 2.75) is 25.8 Å². The van der Waals surface area contributed by atoms with Crippen molar-refractivity contribution in [1.29, 1.82) is 0 Å². The average Bonchev–Trinajstić information content (AvgIpc) is 3.62. The third-order valence-electron chi connectivity index (χ3n) is 6.24.